The maximum Gasteiger partial charge on any atom is 0.240 e. The van der Waals surface area contributed by atoms with Crippen molar-refractivity contribution in [3.05, 3.63) is 30.1 Å². The van der Waals surface area contributed by atoms with Gasteiger partial charge in [-0.15, -0.1) is 0 Å². The van der Waals surface area contributed by atoms with E-state index in [9.17, 15) is 14.0 Å². The van der Waals surface area contributed by atoms with Gasteiger partial charge in [0, 0.05) is 25.9 Å². The van der Waals surface area contributed by atoms with Gasteiger partial charge in [-0.1, -0.05) is 12.1 Å². The van der Waals surface area contributed by atoms with Crippen LogP contribution >= 0.6 is 0 Å². The Bertz CT molecular complexity index is 688. The molecule has 1 saturated carbocycles. The van der Waals surface area contributed by atoms with Crippen molar-refractivity contribution in [1.29, 1.82) is 0 Å². The molecule has 25 heavy (non-hydrogen) atoms. The molecule has 1 spiro atoms. The molecule has 2 amide bonds. The Morgan fingerprint density at radius 1 is 1.04 bits per heavy atom. The Balaban J connectivity index is 1.41. The Kier molecular flexibility index (Phi) is 4.00. The molecule has 2 aliphatic heterocycles. The van der Waals surface area contributed by atoms with E-state index >= 15 is 0 Å². The molecule has 0 radical (unpaired) electrons. The predicted molar refractivity (Wildman–Crippen MR) is 87.1 cm³/mol. The summed E-state index contributed by atoms with van der Waals surface area (Å²) in [6.45, 7) is 2.19. The van der Waals surface area contributed by atoms with Gasteiger partial charge in [0.05, 0.1) is 18.9 Å². The number of rotatable bonds is 3. The topological polar surface area (TPSA) is 67.9 Å². The van der Waals surface area contributed by atoms with Gasteiger partial charge < -0.3 is 19.7 Å². The van der Waals surface area contributed by atoms with Crippen LogP contribution < -0.4 is 5.32 Å². The molecule has 6 nitrogen and oxygen atoms in total. The van der Waals surface area contributed by atoms with Gasteiger partial charge in [-0.2, -0.15) is 0 Å². The number of para-hydroxylation sites is 1. The third-order valence-corrected chi connectivity index (χ3v) is 5.34. The van der Waals surface area contributed by atoms with E-state index in [0.29, 0.717) is 52.0 Å². The standard InChI is InChI=1S/C18H21FN2O4/c19-13-3-1-2-4-14(13)20-15(22)17(5-6-17)16(23)21-9-7-18(8-10-21)24-11-12-25-18/h1-4H,5-12H2,(H,20,22). The predicted octanol–water partition coefficient (Wildman–Crippen LogP) is 1.91. The van der Waals surface area contributed by atoms with Gasteiger partial charge in [0.2, 0.25) is 11.8 Å². The van der Waals surface area contributed by atoms with E-state index in [4.69, 9.17) is 9.47 Å². The van der Waals surface area contributed by atoms with E-state index in [1.165, 1.54) is 12.1 Å². The van der Waals surface area contributed by atoms with Crippen LogP contribution in [-0.4, -0.2) is 48.8 Å². The van der Waals surface area contributed by atoms with E-state index in [1.807, 2.05) is 0 Å². The van der Waals surface area contributed by atoms with Crippen molar-refractivity contribution in [1.82, 2.24) is 4.90 Å². The Labute approximate surface area is 145 Å². The maximum atomic E-state index is 13.7. The molecular weight excluding hydrogens is 327 g/mol. The number of carbonyl (C=O) groups is 2. The second-order valence-corrected chi connectivity index (χ2v) is 6.92. The average Bonchev–Trinajstić information content (AvgIpc) is 3.33. The van der Waals surface area contributed by atoms with Crippen molar-refractivity contribution in [2.75, 3.05) is 31.6 Å². The maximum absolute atomic E-state index is 13.7. The van der Waals surface area contributed by atoms with Crippen LogP contribution in [0.25, 0.3) is 0 Å². The van der Waals surface area contributed by atoms with Crippen LogP contribution in [0.4, 0.5) is 10.1 Å². The summed E-state index contributed by atoms with van der Waals surface area (Å²) >= 11 is 0. The lowest BCUT2D eigenvalue weighted by atomic mass is 9.98. The third-order valence-electron chi connectivity index (χ3n) is 5.34. The lowest BCUT2D eigenvalue weighted by Crippen LogP contribution is -2.51. The first-order chi connectivity index (χ1) is 12.0. The van der Waals surface area contributed by atoms with Crippen LogP contribution in [0.2, 0.25) is 0 Å². The molecule has 4 rings (SSSR count). The zero-order chi connectivity index (χ0) is 17.5. The minimum absolute atomic E-state index is 0.108. The molecule has 134 valence electrons. The average molecular weight is 348 g/mol. The Hall–Kier alpha value is -1.99. The molecule has 1 aromatic rings. The minimum atomic E-state index is -1.05. The van der Waals surface area contributed by atoms with Crippen molar-refractivity contribution in [3.63, 3.8) is 0 Å². The molecule has 0 aromatic heterocycles. The van der Waals surface area contributed by atoms with E-state index in [-0.39, 0.29) is 11.6 Å². The van der Waals surface area contributed by atoms with Crippen LogP contribution in [0, 0.1) is 11.2 Å². The molecule has 2 saturated heterocycles. The highest BCUT2D eigenvalue weighted by Gasteiger charge is 2.58. The summed E-state index contributed by atoms with van der Waals surface area (Å²) in [5.74, 6) is -1.65. The number of likely N-dealkylation sites (tertiary alicyclic amines) is 1. The summed E-state index contributed by atoms with van der Waals surface area (Å²) < 4.78 is 25.1. The number of carbonyl (C=O) groups excluding carboxylic acids is 2. The quantitative estimate of drug-likeness (QED) is 0.848. The molecule has 3 aliphatic rings. The van der Waals surface area contributed by atoms with E-state index in [0.717, 1.165) is 0 Å². The number of anilines is 1. The Morgan fingerprint density at radius 3 is 2.28 bits per heavy atom. The first-order valence-corrected chi connectivity index (χ1v) is 8.68. The summed E-state index contributed by atoms with van der Waals surface area (Å²) in [7, 11) is 0. The molecule has 0 bridgehead atoms. The van der Waals surface area contributed by atoms with E-state index in [1.54, 1.807) is 17.0 Å². The van der Waals surface area contributed by atoms with Gasteiger partial charge in [0.15, 0.2) is 5.79 Å². The zero-order valence-corrected chi connectivity index (χ0v) is 13.9. The number of halogens is 1. The minimum Gasteiger partial charge on any atom is -0.347 e. The van der Waals surface area contributed by atoms with Crippen LogP contribution in [0.3, 0.4) is 0 Å². The Morgan fingerprint density at radius 2 is 1.68 bits per heavy atom. The fourth-order valence-electron chi connectivity index (χ4n) is 3.61. The number of hydrogen-bond donors (Lipinski definition) is 1. The zero-order valence-electron chi connectivity index (χ0n) is 13.9. The molecule has 0 atom stereocenters. The number of amides is 2. The lowest BCUT2D eigenvalue weighted by Gasteiger charge is -2.38. The van der Waals surface area contributed by atoms with Gasteiger partial charge in [0.1, 0.15) is 11.2 Å². The fraction of sp³-hybridized carbons (Fsp3) is 0.556. The number of piperidine rings is 1. The van der Waals surface area contributed by atoms with Gasteiger partial charge in [-0.25, -0.2) is 4.39 Å². The van der Waals surface area contributed by atoms with Crippen LogP contribution in [-0.2, 0) is 19.1 Å². The SMILES string of the molecule is O=C(Nc1ccccc1F)C1(C(=O)N2CCC3(CC2)OCCO3)CC1. The molecular formula is C18H21FN2O4. The molecule has 7 heteroatoms. The van der Waals surface area contributed by atoms with Crippen molar-refractivity contribution >= 4 is 17.5 Å². The number of nitrogens with zero attached hydrogens (tertiary/aromatic N) is 1. The van der Waals surface area contributed by atoms with Gasteiger partial charge in [0.25, 0.3) is 0 Å². The van der Waals surface area contributed by atoms with Crippen molar-refractivity contribution in [3.8, 4) is 0 Å². The van der Waals surface area contributed by atoms with Crippen molar-refractivity contribution < 1.29 is 23.5 Å². The number of ether oxygens (including phenoxy) is 2. The first kappa shape index (κ1) is 16.5. The highest BCUT2D eigenvalue weighted by molar-refractivity contribution is 6.13. The van der Waals surface area contributed by atoms with Crippen molar-refractivity contribution in [2.45, 2.75) is 31.5 Å². The summed E-state index contributed by atoms with van der Waals surface area (Å²) in [5.41, 5.74) is -0.943. The molecule has 1 aliphatic carbocycles. The van der Waals surface area contributed by atoms with Crippen LogP contribution in [0.1, 0.15) is 25.7 Å². The fourth-order valence-corrected chi connectivity index (χ4v) is 3.61. The van der Waals surface area contributed by atoms with Crippen LogP contribution in [0.15, 0.2) is 24.3 Å². The second-order valence-electron chi connectivity index (χ2n) is 6.92. The summed E-state index contributed by atoms with van der Waals surface area (Å²) in [6, 6.07) is 5.97. The van der Waals surface area contributed by atoms with Gasteiger partial charge in [-0.3, -0.25) is 9.59 Å². The normalized spacial score (nSPS) is 23.5. The molecule has 3 fully saturated rings. The monoisotopic (exact) mass is 348 g/mol. The molecule has 2 heterocycles. The summed E-state index contributed by atoms with van der Waals surface area (Å²) in [6.07, 6.45) is 2.23. The van der Waals surface area contributed by atoms with E-state index < -0.39 is 22.9 Å². The van der Waals surface area contributed by atoms with E-state index in [2.05, 4.69) is 5.32 Å². The lowest BCUT2D eigenvalue weighted by molar-refractivity contribution is -0.188. The van der Waals surface area contributed by atoms with Crippen LogP contribution in [0.5, 0.6) is 0 Å². The van der Waals surface area contributed by atoms with Crippen molar-refractivity contribution in [2.24, 2.45) is 5.41 Å². The second kappa shape index (κ2) is 6.07. The van der Waals surface area contributed by atoms with Gasteiger partial charge >= 0.3 is 0 Å². The molecule has 1 aromatic carbocycles. The summed E-state index contributed by atoms with van der Waals surface area (Å²) in [5, 5.41) is 2.57. The number of benzene rings is 1. The summed E-state index contributed by atoms with van der Waals surface area (Å²) in [4.78, 5) is 27.2. The van der Waals surface area contributed by atoms with Gasteiger partial charge in [-0.05, 0) is 25.0 Å². The highest BCUT2D eigenvalue weighted by Crippen LogP contribution is 2.49. The highest BCUT2D eigenvalue weighted by atomic mass is 19.1. The smallest absolute Gasteiger partial charge is 0.240 e. The third kappa shape index (κ3) is 2.91. The first-order valence-electron chi connectivity index (χ1n) is 8.68. The number of hydrogen-bond acceptors (Lipinski definition) is 4. The molecule has 0 unspecified atom stereocenters. The number of nitrogens with one attached hydrogen (secondary N) is 1. The molecule has 1 N–H and O–H groups in total. The largest absolute Gasteiger partial charge is 0.347 e.